The van der Waals surface area contributed by atoms with Gasteiger partial charge < -0.3 is 15.8 Å². The SMILES string of the molecule is CCC(C)(C)N(C)c1cnc(C(N)=NO)cn1. The van der Waals surface area contributed by atoms with Crippen molar-refractivity contribution in [1.29, 1.82) is 0 Å². The lowest BCUT2D eigenvalue weighted by atomic mass is 10.0. The molecule has 6 nitrogen and oxygen atoms in total. The predicted octanol–water partition coefficient (Wildman–Crippen LogP) is 1.20. The van der Waals surface area contributed by atoms with Crippen molar-refractivity contribution in [3.63, 3.8) is 0 Å². The number of aromatic nitrogens is 2. The van der Waals surface area contributed by atoms with Crippen LogP contribution in [-0.2, 0) is 0 Å². The summed E-state index contributed by atoms with van der Waals surface area (Å²) in [6.07, 6.45) is 4.10. The van der Waals surface area contributed by atoms with Crippen molar-refractivity contribution in [2.75, 3.05) is 11.9 Å². The second kappa shape index (κ2) is 4.99. The van der Waals surface area contributed by atoms with Crippen molar-refractivity contribution < 1.29 is 5.21 Å². The molecule has 0 radical (unpaired) electrons. The molecule has 94 valence electrons. The van der Waals surface area contributed by atoms with Crippen molar-refractivity contribution in [3.05, 3.63) is 18.1 Å². The molecule has 0 aromatic carbocycles. The minimum atomic E-state index is -0.0403. The summed E-state index contributed by atoms with van der Waals surface area (Å²) in [4.78, 5) is 10.4. The fourth-order valence-electron chi connectivity index (χ4n) is 1.23. The van der Waals surface area contributed by atoms with Crippen LogP contribution in [0, 0.1) is 0 Å². The van der Waals surface area contributed by atoms with E-state index in [1.54, 1.807) is 6.20 Å². The summed E-state index contributed by atoms with van der Waals surface area (Å²) in [5.74, 6) is 0.716. The quantitative estimate of drug-likeness (QED) is 0.355. The summed E-state index contributed by atoms with van der Waals surface area (Å²) in [6.45, 7) is 6.38. The Balaban J connectivity index is 2.95. The highest BCUT2D eigenvalue weighted by Gasteiger charge is 2.22. The summed E-state index contributed by atoms with van der Waals surface area (Å²) >= 11 is 0. The molecule has 0 atom stereocenters. The van der Waals surface area contributed by atoms with Crippen LogP contribution in [0.2, 0.25) is 0 Å². The van der Waals surface area contributed by atoms with E-state index in [9.17, 15) is 0 Å². The Bertz CT molecular complexity index is 399. The summed E-state index contributed by atoms with van der Waals surface area (Å²) < 4.78 is 0. The Morgan fingerprint density at radius 3 is 2.53 bits per heavy atom. The first-order valence-electron chi connectivity index (χ1n) is 5.46. The molecule has 0 aliphatic rings. The second-order valence-corrected chi connectivity index (χ2v) is 4.47. The van der Waals surface area contributed by atoms with Crippen LogP contribution in [0.1, 0.15) is 32.9 Å². The Kier molecular flexibility index (Phi) is 3.88. The molecule has 0 aliphatic carbocycles. The van der Waals surface area contributed by atoms with Crippen molar-refractivity contribution in [2.24, 2.45) is 10.9 Å². The Hall–Kier alpha value is -1.85. The molecule has 1 aromatic heterocycles. The molecule has 6 heteroatoms. The molecule has 1 rings (SSSR count). The largest absolute Gasteiger partial charge is 0.409 e. The van der Waals surface area contributed by atoms with E-state index in [2.05, 4.69) is 40.8 Å². The van der Waals surface area contributed by atoms with Crippen LogP contribution in [0.5, 0.6) is 0 Å². The number of hydrogen-bond acceptors (Lipinski definition) is 5. The molecule has 0 saturated heterocycles. The Morgan fingerprint density at radius 1 is 1.47 bits per heavy atom. The Labute approximate surface area is 101 Å². The third-order valence-electron chi connectivity index (χ3n) is 3.13. The van der Waals surface area contributed by atoms with Crippen LogP contribution in [0.15, 0.2) is 17.5 Å². The standard InChI is InChI=1S/C11H19N5O/c1-5-11(2,3)16(4)9-7-13-8(6-14-9)10(12)15-17/h6-7,17H,5H2,1-4H3,(H2,12,15). The maximum atomic E-state index is 8.52. The van der Waals surface area contributed by atoms with Gasteiger partial charge >= 0.3 is 0 Å². The van der Waals surface area contributed by atoms with E-state index in [-0.39, 0.29) is 11.4 Å². The zero-order valence-corrected chi connectivity index (χ0v) is 10.7. The molecule has 0 fully saturated rings. The maximum absolute atomic E-state index is 8.52. The second-order valence-electron chi connectivity index (χ2n) is 4.47. The molecular weight excluding hydrogens is 218 g/mol. The van der Waals surface area contributed by atoms with Gasteiger partial charge in [0.1, 0.15) is 11.5 Å². The van der Waals surface area contributed by atoms with Crippen LogP contribution in [0.4, 0.5) is 5.82 Å². The van der Waals surface area contributed by atoms with Gasteiger partial charge in [-0.25, -0.2) is 9.97 Å². The third kappa shape index (κ3) is 2.83. The van der Waals surface area contributed by atoms with E-state index < -0.39 is 0 Å². The maximum Gasteiger partial charge on any atom is 0.190 e. The fourth-order valence-corrected chi connectivity index (χ4v) is 1.23. The van der Waals surface area contributed by atoms with Gasteiger partial charge in [-0.1, -0.05) is 12.1 Å². The smallest absolute Gasteiger partial charge is 0.190 e. The highest BCUT2D eigenvalue weighted by atomic mass is 16.4. The van der Waals surface area contributed by atoms with Crippen molar-refractivity contribution in [2.45, 2.75) is 32.7 Å². The van der Waals surface area contributed by atoms with Gasteiger partial charge in [0.15, 0.2) is 5.84 Å². The molecule has 3 N–H and O–H groups in total. The van der Waals surface area contributed by atoms with Crippen LogP contribution in [0.3, 0.4) is 0 Å². The van der Waals surface area contributed by atoms with Gasteiger partial charge in [-0.15, -0.1) is 0 Å². The lowest BCUT2D eigenvalue weighted by Crippen LogP contribution is -2.41. The molecule has 0 aliphatic heterocycles. The van der Waals surface area contributed by atoms with Crippen LogP contribution >= 0.6 is 0 Å². The topological polar surface area (TPSA) is 87.6 Å². The van der Waals surface area contributed by atoms with Gasteiger partial charge in [0.2, 0.25) is 0 Å². The lowest BCUT2D eigenvalue weighted by molar-refractivity contribution is 0.318. The average Bonchev–Trinajstić information content (AvgIpc) is 2.37. The normalized spacial score (nSPS) is 12.6. The van der Waals surface area contributed by atoms with Gasteiger partial charge in [0, 0.05) is 12.6 Å². The van der Waals surface area contributed by atoms with Crippen molar-refractivity contribution in [3.8, 4) is 0 Å². The summed E-state index contributed by atoms with van der Waals surface area (Å²) in [6, 6.07) is 0. The van der Waals surface area contributed by atoms with E-state index in [0.29, 0.717) is 5.69 Å². The number of nitrogens with zero attached hydrogens (tertiary/aromatic N) is 4. The first kappa shape index (κ1) is 13.2. The van der Waals surface area contributed by atoms with Gasteiger partial charge in [-0.05, 0) is 20.3 Å². The summed E-state index contributed by atoms with van der Waals surface area (Å²) in [5.41, 5.74) is 5.78. The highest BCUT2D eigenvalue weighted by molar-refractivity contribution is 5.94. The molecule has 0 unspecified atom stereocenters. The van der Waals surface area contributed by atoms with Gasteiger partial charge in [0.25, 0.3) is 0 Å². The number of anilines is 1. The lowest BCUT2D eigenvalue weighted by Gasteiger charge is -2.35. The summed E-state index contributed by atoms with van der Waals surface area (Å²) in [5, 5.41) is 11.4. The van der Waals surface area contributed by atoms with E-state index in [1.807, 2.05) is 7.05 Å². The number of hydrogen-bond donors (Lipinski definition) is 2. The Morgan fingerprint density at radius 2 is 2.12 bits per heavy atom. The van der Waals surface area contributed by atoms with E-state index in [1.165, 1.54) is 6.20 Å². The molecule has 1 aromatic rings. The molecule has 0 bridgehead atoms. The zero-order valence-electron chi connectivity index (χ0n) is 10.7. The van der Waals surface area contributed by atoms with E-state index >= 15 is 0 Å². The minimum absolute atomic E-state index is 0.00676. The zero-order chi connectivity index (χ0) is 13.1. The number of nitrogens with two attached hydrogens (primary N) is 1. The number of rotatable bonds is 4. The first-order valence-corrected chi connectivity index (χ1v) is 5.46. The van der Waals surface area contributed by atoms with Gasteiger partial charge in [-0.2, -0.15) is 0 Å². The molecular formula is C11H19N5O. The molecule has 0 amide bonds. The first-order chi connectivity index (χ1) is 7.92. The van der Waals surface area contributed by atoms with Crippen LogP contribution in [-0.4, -0.2) is 33.6 Å². The molecule has 1 heterocycles. The van der Waals surface area contributed by atoms with Crippen LogP contribution in [0.25, 0.3) is 0 Å². The molecule has 0 spiro atoms. The fraction of sp³-hybridized carbons (Fsp3) is 0.545. The summed E-state index contributed by atoms with van der Waals surface area (Å²) in [7, 11) is 1.97. The minimum Gasteiger partial charge on any atom is -0.409 e. The average molecular weight is 237 g/mol. The van der Waals surface area contributed by atoms with E-state index in [4.69, 9.17) is 10.9 Å². The third-order valence-corrected chi connectivity index (χ3v) is 3.13. The van der Waals surface area contributed by atoms with Gasteiger partial charge in [0.05, 0.1) is 12.4 Å². The van der Waals surface area contributed by atoms with Gasteiger partial charge in [-0.3, -0.25) is 0 Å². The highest BCUT2D eigenvalue weighted by Crippen LogP contribution is 2.21. The number of oxime groups is 1. The monoisotopic (exact) mass is 237 g/mol. The van der Waals surface area contributed by atoms with E-state index in [0.717, 1.165) is 12.2 Å². The molecule has 17 heavy (non-hydrogen) atoms. The van der Waals surface area contributed by atoms with Crippen molar-refractivity contribution >= 4 is 11.7 Å². The molecule has 0 saturated carbocycles. The number of amidine groups is 1. The van der Waals surface area contributed by atoms with Crippen LogP contribution < -0.4 is 10.6 Å². The van der Waals surface area contributed by atoms with Crippen molar-refractivity contribution in [1.82, 2.24) is 9.97 Å². The predicted molar refractivity (Wildman–Crippen MR) is 67.3 cm³/mol.